The topological polar surface area (TPSA) is 128 Å². The zero-order valence-corrected chi connectivity index (χ0v) is 27.0. The monoisotopic (exact) mass is 652 g/mol. The fraction of sp³-hybridized carbons (Fsp3) is 0.306. The van der Waals surface area contributed by atoms with Crippen LogP contribution in [0, 0.1) is 12.7 Å². The summed E-state index contributed by atoms with van der Waals surface area (Å²) in [6.07, 6.45) is 2.76. The van der Waals surface area contributed by atoms with E-state index in [4.69, 9.17) is 19.9 Å². The molecule has 12 heteroatoms. The summed E-state index contributed by atoms with van der Waals surface area (Å²) in [5, 5.41) is 5.18. The van der Waals surface area contributed by atoms with E-state index >= 15 is 0 Å². The van der Waals surface area contributed by atoms with Crippen LogP contribution in [-0.4, -0.2) is 69.9 Å². The Morgan fingerprint density at radius 1 is 1.04 bits per heavy atom. The van der Waals surface area contributed by atoms with Crippen LogP contribution in [0.3, 0.4) is 0 Å². The van der Waals surface area contributed by atoms with E-state index in [1.807, 2.05) is 19.1 Å². The van der Waals surface area contributed by atoms with E-state index in [1.54, 1.807) is 47.4 Å². The van der Waals surface area contributed by atoms with Gasteiger partial charge in [-0.3, -0.25) is 9.69 Å². The van der Waals surface area contributed by atoms with Crippen LogP contribution in [-0.2, 0) is 4.74 Å². The molecule has 2 aromatic heterocycles. The molecule has 4 heterocycles. The average Bonchev–Trinajstić information content (AvgIpc) is 3.80. The second kappa shape index (κ2) is 12.7. The molecule has 2 saturated heterocycles. The maximum atomic E-state index is 14.1. The number of amides is 1. The molecule has 11 nitrogen and oxygen atoms in total. The third-order valence-corrected chi connectivity index (χ3v) is 9.01. The van der Waals surface area contributed by atoms with Gasteiger partial charge in [-0.05, 0) is 87.7 Å². The van der Waals surface area contributed by atoms with Crippen LogP contribution < -0.4 is 20.1 Å². The lowest BCUT2D eigenvalue weighted by atomic mass is 10.1. The van der Waals surface area contributed by atoms with E-state index in [-0.39, 0.29) is 29.0 Å². The minimum atomic E-state index is -0.461. The van der Waals surface area contributed by atoms with Crippen molar-refractivity contribution in [3.05, 3.63) is 89.5 Å². The Morgan fingerprint density at radius 3 is 2.54 bits per heavy atom. The lowest BCUT2D eigenvalue weighted by Crippen LogP contribution is -2.41. The number of H-pyrrole nitrogens is 1. The van der Waals surface area contributed by atoms with E-state index in [2.05, 4.69) is 28.8 Å². The van der Waals surface area contributed by atoms with Gasteiger partial charge in [-0.1, -0.05) is 12.1 Å². The number of para-hydroxylation sites is 1. The molecule has 5 aromatic rings. The molecule has 1 amide bonds. The number of benzene rings is 3. The number of anilines is 2. The number of rotatable bonds is 9. The van der Waals surface area contributed by atoms with Gasteiger partial charge in [0.2, 0.25) is 5.78 Å². The number of aryl methyl sites for hydroxylation is 1. The van der Waals surface area contributed by atoms with Crippen LogP contribution in [0.1, 0.15) is 48.3 Å². The van der Waals surface area contributed by atoms with Crippen LogP contribution >= 0.6 is 0 Å². The number of aromatic nitrogens is 3. The number of likely N-dealkylation sites (tertiary alicyclic amines) is 1. The Balaban J connectivity index is 1.15. The van der Waals surface area contributed by atoms with Gasteiger partial charge in [0, 0.05) is 30.0 Å². The first-order chi connectivity index (χ1) is 23.2. The number of carbonyl (C=O) groups excluding carboxylic acids is 2. The van der Waals surface area contributed by atoms with Crippen LogP contribution in [0.4, 0.5) is 20.7 Å². The summed E-state index contributed by atoms with van der Waals surface area (Å²) in [6, 6.07) is 17.3. The molecule has 0 aliphatic carbocycles. The average molecular weight is 653 g/mol. The minimum Gasteiger partial charge on any atom is -0.488 e. The van der Waals surface area contributed by atoms with Crippen molar-refractivity contribution in [1.82, 2.24) is 19.7 Å². The van der Waals surface area contributed by atoms with Gasteiger partial charge < -0.3 is 29.8 Å². The number of cyclic esters (lactones) is 1. The number of piperidine rings is 1. The second-order valence-electron chi connectivity index (χ2n) is 12.5. The van der Waals surface area contributed by atoms with E-state index < -0.39 is 11.9 Å². The number of ketones is 1. The minimum absolute atomic E-state index is 0.00379. The van der Waals surface area contributed by atoms with Gasteiger partial charge in [-0.25, -0.2) is 13.9 Å². The molecule has 0 radical (unpaired) electrons. The van der Waals surface area contributed by atoms with Crippen LogP contribution in [0.15, 0.2) is 66.9 Å². The first-order valence-corrected chi connectivity index (χ1v) is 16.1. The lowest BCUT2D eigenvalue weighted by Gasteiger charge is -2.35. The largest absolute Gasteiger partial charge is 0.488 e. The van der Waals surface area contributed by atoms with Crippen molar-refractivity contribution in [1.29, 1.82) is 0 Å². The second-order valence-corrected chi connectivity index (χ2v) is 12.5. The number of ether oxygens (including phenoxy) is 3. The molecule has 3 aromatic carbocycles. The number of hydrogen-bond donors (Lipinski definition) is 2. The maximum Gasteiger partial charge on any atom is 0.414 e. The fourth-order valence-corrected chi connectivity index (χ4v) is 6.33. The molecule has 0 atom stereocenters. The lowest BCUT2D eigenvalue weighted by molar-refractivity contribution is 0.0846. The van der Waals surface area contributed by atoms with Gasteiger partial charge in [0.15, 0.2) is 11.6 Å². The van der Waals surface area contributed by atoms with Crippen molar-refractivity contribution in [2.75, 3.05) is 36.9 Å². The SMILES string of the molecule is Cc1cc(Oc2ccccc2F)ccc1-n1ncc(C(=O)c2cc3cc(OC4CCN(C(C)C)CC4)c(N4CCOC4=O)cc3[nH]2)c1N. The van der Waals surface area contributed by atoms with Crippen LogP contribution in [0.25, 0.3) is 16.6 Å². The fourth-order valence-electron chi connectivity index (χ4n) is 6.33. The molecule has 2 aliphatic rings. The molecular formula is C36H37FN6O5. The number of nitrogens with one attached hydrogen (secondary N) is 1. The number of fused-ring (bicyclic) bond motifs is 1. The molecule has 2 fully saturated rings. The van der Waals surface area contributed by atoms with E-state index in [9.17, 15) is 14.0 Å². The Kier molecular flexibility index (Phi) is 8.26. The standard InChI is InChI=1S/C36H37FN6O5/c1-21(2)41-12-10-24(11-13-41)47-33-18-23-17-29(40-28(23)19-31(33)42-14-15-46-36(42)45)34(44)26-20-39-43(35(26)38)30-9-8-25(16-22(30)3)48-32-7-5-4-6-27(32)37/h4-9,16-21,24,40H,10-15,38H2,1-3H3. The van der Waals surface area contributed by atoms with E-state index in [0.29, 0.717) is 53.3 Å². The summed E-state index contributed by atoms with van der Waals surface area (Å²) >= 11 is 0. The number of halogens is 1. The number of nitrogen functional groups attached to an aromatic ring is 1. The molecule has 3 N–H and O–H groups in total. The molecule has 0 unspecified atom stereocenters. The Labute approximate surface area is 277 Å². The van der Waals surface area contributed by atoms with Gasteiger partial charge in [-0.15, -0.1) is 0 Å². The summed E-state index contributed by atoms with van der Waals surface area (Å²) in [5.74, 6) is 0.517. The number of aromatic amines is 1. The van der Waals surface area contributed by atoms with Crippen molar-refractivity contribution in [3.8, 4) is 22.9 Å². The number of nitrogens with two attached hydrogens (primary N) is 1. The predicted molar refractivity (Wildman–Crippen MR) is 180 cm³/mol. The molecule has 7 rings (SSSR count). The molecule has 0 saturated carbocycles. The third-order valence-electron chi connectivity index (χ3n) is 9.01. The maximum absolute atomic E-state index is 14.1. The highest BCUT2D eigenvalue weighted by atomic mass is 19.1. The number of nitrogens with zero attached hydrogens (tertiary/aromatic N) is 4. The van der Waals surface area contributed by atoms with Gasteiger partial charge in [0.25, 0.3) is 0 Å². The zero-order chi connectivity index (χ0) is 33.5. The Hall–Kier alpha value is -5.36. The van der Waals surface area contributed by atoms with Crippen LogP contribution in [0.5, 0.6) is 17.2 Å². The summed E-state index contributed by atoms with van der Waals surface area (Å²) < 4.78 is 33.1. The highest BCUT2D eigenvalue weighted by molar-refractivity contribution is 6.13. The summed E-state index contributed by atoms with van der Waals surface area (Å²) in [7, 11) is 0. The Morgan fingerprint density at radius 2 is 1.83 bits per heavy atom. The molecule has 48 heavy (non-hydrogen) atoms. The highest BCUT2D eigenvalue weighted by Crippen LogP contribution is 2.37. The van der Waals surface area contributed by atoms with Crippen molar-refractivity contribution in [3.63, 3.8) is 0 Å². The Bertz CT molecular complexity index is 2010. The van der Waals surface area contributed by atoms with Gasteiger partial charge in [-0.2, -0.15) is 5.10 Å². The normalized spacial score (nSPS) is 15.8. The van der Waals surface area contributed by atoms with Crippen molar-refractivity contribution >= 4 is 34.3 Å². The van der Waals surface area contributed by atoms with E-state index in [1.165, 1.54) is 16.9 Å². The molecular weight excluding hydrogens is 615 g/mol. The van der Waals surface area contributed by atoms with Gasteiger partial charge in [0.1, 0.15) is 30.0 Å². The first-order valence-electron chi connectivity index (χ1n) is 16.1. The zero-order valence-electron chi connectivity index (χ0n) is 27.0. The van der Waals surface area contributed by atoms with Crippen LogP contribution in [0.2, 0.25) is 0 Å². The van der Waals surface area contributed by atoms with Crippen molar-refractivity contribution in [2.45, 2.75) is 45.8 Å². The van der Waals surface area contributed by atoms with Crippen molar-refractivity contribution in [2.24, 2.45) is 0 Å². The molecule has 0 spiro atoms. The smallest absolute Gasteiger partial charge is 0.414 e. The molecule has 0 bridgehead atoms. The third kappa shape index (κ3) is 5.95. The van der Waals surface area contributed by atoms with E-state index in [0.717, 1.165) is 36.9 Å². The number of carbonyl (C=O) groups is 2. The van der Waals surface area contributed by atoms with Crippen molar-refractivity contribution < 1.29 is 28.2 Å². The summed E-state index contributed by atoms with van der Waals surface area (Å²) in [5.41, 5.74) is 9.72. The molecule has 2 aliphatic heterocycles. The van der Waals surface area contributed by atoms with Gasteiger partial charge >= 0.3 is 6.09 Å². The summed E-state index contributed by atoms with van der Waals surface area (Å²) in [6.45, 7) is 8.82. The van der Waals surface area contributed by atoms with Gasteiger partial charge in [0.05, 0.1) is 35.4 Å². The predicted octanol–water partition coefficient (Wildman–Crippen LogP) is 6.61. The summed E-state index contributed by atoms with van der Waals surface area (Å²) in [4.78, 5) is 33.6. The number of hydrogen-bond acceptors (Lipinski definition) is 8. The first kappa shape index (κ1) is 31.3. The molecule has 248 valence electrons. The quantitative estimate of drug-likeness (QED) is 0.170. The highest BCUT2D eigenvalue weighted by Gasteiger charge is 2.30.